The SMILES string of the molecule is Clc1ccc(C(Br)c2ccc(I)cc2)s1. The van der Waals surface area contributed by atoms with Crippen LogP contribution in [0.4, 0.5) is 0 Å². The average molecular weight is 414 g/mol. The Morgan fingerprint density at radius 2 is 1.80 bits per heavy atom. The van der Waals surface area contributed by atoms with Crippen molar-refractivity contribution in [2.45, 2.75) is 4.83 Å². The van der Waals surface area contributed by atoms with E-state index in [0.717, 1.165) is 4.34 Å². The highest BCUT2D eigenvalue weighted by atomic mass is 127. The molecular weight excluding hydrogens is 406 g/mol. The van der Waals surface area contributed by atoms with Crippen LogP contribution in [0.3, 0.4) is 0 Å². The minimum absolute atomic E-state index is 0.243. The number of rotatable bonds is 2. The molecule has 0 aliphatic carbocycles. The third kappa shape index (κ3) is 2.96. The van der Waals surface area contributed by atoms with E-state index in [2.05, 4.69) is 68.9 Å². The van der Waals surface area contributed by atoms with Crippen molar-refractivity contribution in [3.63, 3.8) is 0 Å². The van der Waals surface area contributed by atoms with Gasteiger partial charge in [-0.15, -0.1) is 11.3 Å². The van der Waals surface area contributed by atoms with Crippen LogP contribution >= 0.6 is 61.5 Å². The van der Waals surface area contributed by atoms with Gasteiger partial charge in [0.1, 0.15) is 0 Å². The van der Waals surface area contributed by atoms with E-state index in [-0.39, 0.29) is 4.83 Å². The quantitative estimate of drug-likeness (QED) is 0.451. The Labute approximate surface area is 120 Å². The summed E-state index contributed by atoms with van der Waals surface area (Å²) in [5, 5.41) is 0. The molecule has 1 heterocycles. The molecule has 0 fully saturated rings. The van der Waals surface area contributed by atoms with Gasteiger partial charge in [0.25, 0.3) is 0 Å². The van der Waals surface area contributed by atoms with Crippen LogP contribution in [0.5, 0.6) is 0 Å². The van der Waals surface area contributed by atoms with Gasteiger partial charge in [-0.05, 0) is 52.4 Å². The molecule has 78 valence electrons. The summed E-state index contributed by atoms with van der Waals surface area (Å²) in [6.07, 6.45) is 0. The van der Waals surface area contributed by atoms with Gasteiger partial charge in [-0.25, -0.2) is 0 Å². The lowest BCUT2D eigenvalue weighted by Gasteiger charge is -2.07. The van der Waals surface area contributed by atoms with Crippen LogP contribution < -0.4 is 0 Å². The normalized spacial score (nSPS) is 12.7. The van der Waals surface area contributed by atoms with Crippen LogP contribution in [0.15, 0.2) is 36.4 Å². The maximum atomic E-state index is 5.91. The fourth-order valence-corrected chi connectivity index (χ4v) is 3.43. The van der Waals surface area contributed by atoms with Gasteiger partial charge < -0.3 is 0 Å². The van der Waals surface area contributed by atoms with Crippen molar-refractivity contribution in [3.8, 4) is 0 Å². The number of benzene rings is 1. The molecule has 0 amide bonds. The van der Waals surface area contributed by atoms with Crippen LogP contribution in [0.25, 0.3) is 0 Å². The Bertz CT molecular complexity index is 452. The highest BCUT2D eigenvalue weighted by molar-refractivity contribution is 14.1. The van der Waals surface area contributed by atoms with E-state index in [1.165, 1.54) is 14.0 Å². The van der Waals surface area contributed by atoms with E-state index in [4.69, 9.17) is 11.6 Å². The minimum Gasteiger partial charge on any atom is -0.127 e. The van der Waals surface area contributed by atoms with Gasteiger partial charge in [-0.3, -0.25) is 0 Å². The Kier molecular flexibility index (Phi) is 4.10. The van der Waals surface area contributed by atoms with Crippen molar-refractivity contribution in [1.29, 1.82) is 0 Å². The summed E-state index contributed by atoms with van der Waals surface area (Å²) in [4.78, 5) is 1.48. The largest absolute Gasteiger partial charge is 0.127 e. The van der Waals surface area contributed by atoms with E-state index in [9.17, 15) is 0 Å². The van der Waals surface area contributed by atoms with Crippen molar-refractivity contribution < 1.29 is 0 Å². The first-order chi connectivity index (χ1) is 7.16. The van der Waals surface area contributed by atoms with E-state index in [1.807, 2.05) is 6.07 Å². The van der Waals surface area contributed by atoms with E-state index in [1.54, 1.807) is 11.3 Å². The molecule has 0 N–H and O–H groups in total. The predicted octanol–water partition coefficient (Wildman–Crippen LogP) is 5.49. The second kappa shape index (κ2) is 5.17. The zero-order valence-corrected chi connectivity index (χ0v) is 12.9. The topological polar surface area (TPSA) is 0 Å². The highest BCUT2D eigenvalue weighted by Gasteiger charge is 2.12. The summed E-state index contributed by atoms with van der Waals surface area (Å²) in [7, 11) is 0. The molecule has 1 aromatic carbocycles. The third-order valence-corrected chi connectivity index (χ3v) is 5.35. The standard InChI is InChI=1S/C11H7BrClIS/c12-11(9-5-6-10(13)15-9)7-1-3-8(14)4-2-7/h1-6,11H. The third-order valence-electron chi connectivity index (χ3n) is 2.01. The highest BCUT2D eigenvalue weighted by Crippen LogP contribution is 2.36. The summed E-state index contributed by atoms with van der Waals surface area (Å²) in [5.74, 6) is 0. The number of halogens is 3. The van der Waals surface area contributed by atoms with Crippen LogP contribution in [0.2, 0.25) is 4.34 Å². The van der Waals surface area contributed by atoms with Crippen LogP contribution in [-0.2, 0) is 0 Å². The zero-order valence-electron chi connectivity index (χ0n) is 7.58. The maximum Gasteiger partial charge on any atom is 0.0931 e. The lowest BCUT2D eigenvalue weighted by Crippen LogP contribution is -1.88. The molecule has 0 spiro atoms. The van der Waals surface area contributed by atoms with Crippen molar-refractivity contribution in [1.82, 2.24) is 0 Å². The molecule has 0 saturated carbocycles. The molecule has 1 unspecified atom stereocenters. The smallest absolute Gasteiger partial charge is 0.0931 e. The molecule has 0 nitrogen and oxygen atoms in total. The van der Waals surface area contributed by atoms with Gasteiger partial charge in [-0.1, -0.05) is 39.7 Å². The predicted molar refractivity (Wildman–Crippen MR) is 79.3 cm³/mol. The lowest BCUT2D eigenvalue weighted by molar-refractivity contribution is 1.22. The molecule has 1 atom stereocenters. The van der Waals surface area contributed by atoms with Gasteiger partial charge in [0.15, 0.2) is 0 Å². The summed E-state index contributed by atoms with van der Waals surface area (Å²) < 4.78 is 2.08. The van der Waals surface area contributed by atoms with Crippen molar-refractivity contribution >= 4 is 61.5 Å². The summed E-state index contributed by atoms with van der Waals surface area (Å²) in [5.41, 5.74) is 1.26. The van der Waals surface area contributed by atoms with Crippen molar-refractivity contribution in [3.05, 3.63) is 54.7 Å². The molecule has 0 aliphatic heterocycles. The van der Waals surface area contributed by atoms with Crippen LogP contribution in [0.1, 0.15) is 15.3 Å². The first-order valence-electron chi connectivity index (χ1n) is 4.31. The van der Waals surface area contributed by atoms with Gasteiger partial charge in [0.2, 0.25) is 0 Å². The van der Waals surface area contributed by atoms with Gasteiger partial charge in [0.05, 0.1) is 9.16 Å². The molecule has 0 aliphatic rings. The van der Waals surface area contributed by atoms with Crippen molar-refractivity contribution in [2.24, 2.45) is 0 Å². The van der Waals surface area contributed by atoms with E-state index < -0.39 is 0 Å². The molecular formula is C11H7BrClIS. The van der Waals surface area contributed by atoms with Crippen LogP contribution in [-0.4, -0.2) is 0 Å². The van der Waals surface area contributed by atoms with Gasteiger partial charge in [-0.2, -0.15) is 0 Å². The first kappa shape index (κ1) is 11.9. The minimum atomic E-state index is 0.243. The Morgan fingerprint density at radius 1 is 1.13 bits per heavy atom. The first-order valence-corrected chi connectivity index (χ1v) is 7.50. The molecule has 1 aromatic heterocycles. The fraction of sp³-hybridized carbons (Fsp3) is 0.0909. The number of alkyl halides is 1. The van der Waals surface area contributed by atoms with Gasteiger partial charge >= 0.3 is 0 Å². The summed E-state index contributed by atoms with van der Waals surface area (Å²) >= 11 is 13.5. The molecule has 15 heavy (non-hydrogen) atoms. The summed E-state index contributed by atoms with van der Waals surface area (Å²) in [6, 6.07) is 12.5. The van der Waals surface area contributed by atoms with E-state index >= 15 is 0 Å². The fourth-order valence-electron chi connectivity index (χ4n) is 1.26. The van der Waals surface area contributed by atoms with Crippen LogP contribution in [0, 0.1) is 3.57 Å². The number of hydrogen-bond donors (Lipinski definition) is 0. The second-order valence-electron chi connectivity index (χ2n) is 3.06. The maximum absolute atomic E-state index is 5.91. The number of hydrogen-bond acceptors (Lipinski definition) is 1. The van der Waals surface area contributed by atoms with Crippen molar-refractivity contribution in [2.75, 3.05) is 0 Å². The number of thiophene rings is 1. The molecule has 0 bridgehead atoms. The molecule has 4 heteroatoms. The average Bonchev–Trinajstić information content (AvgIpc) is 2.65. The molecule has 0 saturated heterocycles. The Morgan fingerprint density at radius 3 is 2.33 bits per heavy atom. The zero-order chi connectivity index (χ0) is 10.8. The monoisotopic (exact) mass is 412 g/mol. The Balaban J connectivity index is 2.28. The second-order valence-corrected chi connectivity index (χ2v) is 6.96. The molecule has 0 radical (unpaired) electrons. The Hall–Kier alpha value is 0.420. The molecule has 2 rings (SSSR count). The lowest BCUT2D eigenvalue weighted by atomic mass is 10.1. The summed E-state index contributed by atoms with van der Waals surface area (Å²) in [6.45, 7) is 0. The molecule has 2 aromatic rings. The van der Waals surface area contributed by atoms with E-state index in [0.29, 0.717) is 0 Å². The van der Waals surface area contributed by atoms with Gasteiger partial charge in [0, 0.05) is 8.45 Å².